The summed E-state index contributed by atoms with van der Waals surface area (Å²) in [6, 6.07) is 27.3. The molecule has 0 unspecified atom stereocenters. The van der Waals surface area contributed by atoms with Gasteiger partial charge in [0.25, 0.3) is 5.91 Å². The number of hydrogen-bond donors (Lipinski definition) is 6. The van der Waals surface area contributed by atoms with Gasteiger partial charge in [-0.2, -0.15) is 5.10 Å². The molecule has 7 N–H and O–H groups in total. The van der Waals surface area contributed by atoms with E-state index in [0.29, 0.717) is 41.4 Å². The first-order valence-corrected chi connectivity index (χ1v) is 25.8. The highest BCUT2D eigenvalue weighted by Gasteiger charge is 2.53. The van der Waals surface area contributed by atoms with Crippen LogP contribution in [0.25, 0.3) is 43.9 Å². The average Bonchev–Trinajstić information content (AvgIpc) is 3.72. The van der Waals surface area contributed by atoms with Crippen LogP contribution in [-0.2, 0) is 33.9 Å². The number of likely N-dealkylation sites (tertiary alicyclic amines) is 1. The average molecular weight is 1020 g/mol. The zero-order chi connectivity index (χ0) is 51.7. The van der Waals surface area contributed by atoms with E-state index in [1.165, 1.54) is 21.8 Å². The van der Waals surface area contributed by atoms with Gasteiger partial charge in [0.05, 0.1) is 51.9 Å². The molecule has 3 atom stereocenters. The van der Waals surface area contributed by atoms with Gasteiger partial charge in [0, 0.05) is 80.7 Å². The summed E-state index contributed by atoms with van der Waals surface area (Å²) in [6.45, 7) is 9.56. The lowest BCUT2D eigenvalue weighted by Crippen LogP contribution is -2.59. The number of thiazole rings is 1. The van der Waals surface area contributed by atoms with Crippen LogP contribution < -0.4 is 26.0 Å². The first kappa shape index (κ1) is 50.1. The number of β-amino-alcohol motifs (C(OH)–C–C–N with tert-alkyl or cyclic N) is 1. The molecular formula is C55H60FN11O6S. The van der Waals surface area contributed by atoms with E-state index in [2.05, 4.69) is 65.1 Å². The Labute approximate surface area is 432 Å². The highest BCUT2D eigenvalue weighted by atomic mass is 32.1. The largest absolute Gasteiger partial charge is 0.507 e. The van der Waals surface area contributed by atoms with E-state index in [1.54, 1.807) is 39.1 Å². The number of aromatic hydroxyl groups is 1. The molecule has 0 bridgehead atoms. The van der Waals surface area contributed by atoms with Gasteiger partial charge in [-0.25, -0.2) is 9.37 Å². The van der Waals surface area contributed by atoms with Crippen LogP contribution in [0.4, 0.5) is 15.9 Å². The van der Waals surface area contributed by atoms with Gasteiger partial charge >= 0.3 is 0 Å². The summed E-state index contributed by atoms with van der Waals surface area (Å²) in [5, 5.41) is 43.4. The Morgan fingerprint density at radius 1 is 0.959 bits per heavy atom. The second kappa shape index (κ2) is 20.8. The number of carbonyl (C=O) groups excluding carboxylic acids is 3. The maximum Gasteiger partial charge on any atom is 0.258 e. The Kier molecular flexibility index (Phi) is 14.1. The van der Waals surface area contributed by atoms with Crippen molar-refractivity contribution in [2.75, 3.05) is 50.0 Å². The van der Waals surface area contributed by atoms with Crippen LogP contribution in [0.15, 0.2) is 103 Å². The fourth-order valence-corrected chi connectivity index (χ4v) is 10.5. The Morgan fingerprint density at radius 3 is 2.47 bits per heavy atom. The van der Waals surface area contributed by atoms with Gasteiger partial charge in [0.15, 0.2) is 11.5 Å². The standard InChI is InChI=1S/C55H60FN11O6S/c1-54(2,3)49(61-53(72)55(56)17-18-55)52(71)67-31-39(68)26-44(67)51(70)58-28-38-15-13-36(48-47(59-32-74-48)35-12-14-37-29-60-62-41(37)24-35)25-46(38)73-23-16-33-8-10-34(11-9-33)30-65-19-21-66(22-20-65)43-27-42(63-64-50(43)57)40-6-4-5-7-45(40)69/h4-15,24-25,27,29,32,39,44,49,68-69H,16-23,26,28,30-31H2,1-3H3,(H2,57,64)(H,58,70)(H,60,62)(H,61,72)/t39-,44+,49-/m1/s1. The number of amides is 3. The molecule has 2 aliphatic heterocycles. The first-order valence-electron chi connectivity index (χ1n) is 25.0. The molecule has 3 fully saturated rings. The number of fused-ring (bicyclic) bond motifs is 1. The molecule has 1 saturated carbocycles. The fraction of sp³-hybridized carbons (Fsp3) is 0.364. The van der Waals surface area contributed by atoms with Crippen molar-refractivity contribution in [1.82, 2.24) is 45.8 Å². The molecule has 7 aromatic rings. The summed E-state index contributed by atoms with van der Waals surface area (Å²) in [5.74, 6) is -0.796. The third-order valence-corrected chi connectivity index (χ3v) is 15.1. The Balaban J connectivity index is 0.806. The van der Waals surface area contributed by atoms with E-state index < -0.39 is 47.0 Å². The van der Waals surface area contributed by atoms with E-state index in [4.69, 9.17) is 15.5 Å². The van der Waals surface area contributed by atoms with Gasteiger partial charge in [0.1, 0.15) is 23.6 Å². The number of nitrogens with two attached hydrogens (primary N) is 1. The highest BCUT2D eigenvalue weighted by molar-refractivity contribution is 7.13. The number of para-hydroxylation sites is 1. The molecule has 0 radical (unpaired) electrons. The van der Waals surface area contributed by atoms with E-state index in [-0.39, 0.29) is 38.1 Å². The quantitative estimate of drug-likeness (QED) is 0.0597. The molecule has 3 amide bonds. The van der Waals surface area contributed by atoms with Gasteiger partial charge in [-0.1, -0.05) is 81.4 Å². The number of nitrogen functional groups attached to an aromatic ring is 1. The molecule has 74 heavy (non-hydrogen) atoms. The van der Waals surface area contributed by atoms with Crippen LogP contribution >= 0.6 is 11.3 Å². The number of aliphatic hydroxyl groups excluding tert-OH is 1. The van der Waals surface area contributed by atoms with Crippen molar-refractivity contribution in [3.63, 3.8) is 0 Å². The van der Waals surface area contributed by atoms with Gasteiger partial charge in [-0.15, -0.1) is 21.5 Å². The normalized spacial score (nSPS) is 18.1. The lowest BCUT2D eigenvalue weighted by atomic mass is 9.85. The lowest BCUT2D eigenvalue weighted by molar-refractivity contribution is -0.145. The zero-order valence-electron chi connectivity index (χ0n) is 41.6. The number of benzene rings is 4. The molecule has 3 aliphatic rings. The third-order valence-electron chi connectivity index (χ3n) is 14.2. The molecule has 4 aromatic carbocycles. The second-order valence-corrected chi connectivity index (χ2v) is 21.4. The third kappa shape index (κ3) is 10.9. The van der Waals surface area contributed by atoms with Crippen molar-refractivity contribution in [2.45, 2.75) is 83.4 Å². The number of aliphatic hydroxyl groups is 1. The van der Waals surface area contributed by atoms with Crippen LogP contribution in [0.5, 0.6) is 11.5 Å². The number of nitrogens with zero attached hydrogens (tertiary/aromatic N) is 7. The summed E-state index contributed by atoms with van der Waals surface area (Å²) in [7, 11) is 0. The van der Waals surface area contributed by atoms with Crippen LogP contribution in [0.1, 0.15) is 56.7 Å². The zero-order valence-corrected chi connectivity index (χ0v) is 42.4. The maximum absolute atomic E-state index is 14.8. The Morgan fingerprint density at radius 2 is 1.72 bits per heavy atom. The van der Waals surface area contributed by atoms with E-state index >= 15 is 0 Å². The number of carbonyl (C=O) groups is 3. The number of phenols is 1. The van der Waals surface area contributed by atoms with Gasteiger partial charge in [-0.3, -0.25) is 24.4 Å². The molecule has 19 heteroatoms. The minimum absolute atomic E-state index is 0.00899. The second-order valence-electron chi connectivity index (χ2n) is 20.6. The molecular weight excluding hydrogens is 962 g/mol. The van der Waals surface area contributed by atoms with Crippen LogP contribution in [0.3, 0.4) is 0 Å². The summed E-state index contributed by atoms with van der Waals surface area (Å²) >= 11 is 1.51. The van der Waals surface area contributed by atoms with Gasteiger partial charge in [-0.05, 0) is 65.3 Å². The Hall–Kier alpha value is -7.48. The lowest BCUT2D eigenvalue weighted by Gasteiger charge is -2.36. The highest BCUT2D eigenvalue weighted by Crippen LogP contribution is 2.41. The molecule has 17 nitrogen and oxygen atoms in total. The smallest absolute Gasteiger partial charge is 0.258 e. The molecule has 384 valence electrons. The molecule has 5 heterocycles. The van der Waals surface area contributed by atoms with Crippen molar-refractivity contribution in [3.8, 4) is 44.5 Å². The fourth-order valence-electron chi connectivity index (χ4n) is 9.70. The van der Waals surface area contributed by atoms with Crippen LogP contribution in [0.2, 0.25) is 0 Å². The minimum atomic E-state index is -1.99. The van der Waals surface area contributed by atoms with Crippen molar-refractivity contribution < 1.29 is 33.7 Å². The Bertz CT molecular complexity index is 3180. The van der Waals surface area contributed by atoms with Crippen molar-refractivity contribution in [1.29, 1.82) is 0 Å². The monoisotopic (exact) mass is 1020 g/mol. The number of rotatable bonds is 16. The summed E-state index contributed by atoms with van der Waals surface area (Å²) in [5.41, 5.74) is 13.8. The number of anilines is 2. The number of ether oxygens (including phenoxy) is 1. The van der Waals surface area contributed by atoms with Gasteiger partial charge < -0.3 is 41.1 Å². The number of aromatic amines is 1. The number of halogens is 1. The summed E-state index contributed by atoms with van der Waals surface area (Å²) < 4.78 is 21.4. The topological polar surface area (TPSA) is 228 Å². The van der Waals surface area contributed by atoms with Crippen molar-refractivity contribution in [3.05, 3.63) is 119 Å². The van der Waals surface area contributed by atoms with Gasteiger partial charge in [0.2, 0.25) is 11.8 Å². The molecule has 0 spiro atoms. The number of nitrogens with one attached hydrogen (secondary N) is 3. The molecule has 2 saturated heterocycles. The summed E-state index contributed by atoms with van der Waals surface area (Å²) in [4.78, 5) is 52.6. The SMILES string of the molecule is CC(C)(C)[C@H](NC(=O)C1(F)CC1)C(=O)N1C[C@H](O)C[C@H]1C(=O)NCc1ccc(-c2scnc2-c2ccc3cn[nH]c3c2)cc1OCCc1ccc(CN2CCN(c3cc(-c4ccccc4O)nnc3N)CC2)cc1. The van der Waals surface area contributed by atoms with Crippen LogP contribution in [0, 0.1) is 5.41 Å². The van der Waals surface area contributed by atoms with E-state index in [1.807, 2.05) is 60.1 Å². The van der Waals surface area contributed by atoms with Crippen molar-refractivity contribution >= 4 is 51.5 Å². The number of piperazine rings is 1. The number of alkyl halides is 1. The molecule has 10 rings (SSSR count). The molecule has 3 aromatic heterocycles. The predicted octanol–water partition coefficient (Wildman–Crippen LogP) is 6.65. The van der Waals surface area contributed by atoms with E-state index in [0.717, 1.165) is 76.6 Å². The minimum Gasteiger partial charge on any atom is -0.507 e. The van der Waals surface area contributed by atoms with E-state index in [9.17, 15) is 29.0 Å². The number of hydrogen-bond acceptors (Lipinski definition) is 14. The van der Waals surface area contributed by atoms with Crippen LogP contribution in [-0.4, -0.2) is 126 Å². The first-order chi connectivity index (χ1) is 35.6. The molecule has 1 aliphatic carbocycles. The number of aromatic nitrogens is 5. The predicted molar refractivity (Wildman–Crippen MR) is 282 cm³/mol. The van der Waals surface area contributed by atoms with Crippen molar-refractivity contribution in [2.24, 2.45) is 5.41 Å². The number of phenolic OH excluding ortho intramolecular Hbond substituents is 1. The number of H-pyrrole nitrogens is 1. The summed E-state index contributed by atoms with van der Waals surface area (Å²) in [6.07, 6.45) is 1.63. The maximum atomic E-state index is 14.8.